The summed E-state index contributed by atoms with van der Waals surface area (Å²) >= 11 is 5.94. The largest absolute Gasteiger partial charge is 0.388 e. The fourth-order valence-corrected chi connectivity index (χ4v) is 2.70. The summed E-state index contributed by atoms with van der Waals surface area (Å²) in [5.74, 6) is 0. The van der Waals surface area contributed by atoms with Crippen molar-refractivity contribution in [3.05, 3.63) is 63.7 Å². The number of aryl methyl sites for hydroxylation is 2. The van der Waals surface area contributed by atoms with Gasteiger partial charge in [0.15, 0.2) is 0 Å². The van der Waals surface area contributed by atoms with Crippen LogP contribution in [0.15, 0.2) is 46.5 Å². The average molecular weight is 386 g/mol. The molecule has 1 unspecified atom stereocenters. The molecule has 0 spiro atoms. The molecule has 2 rings (SSSR count). The van der Waals surface area contributed by atoms with E-state index >= 15 is 0 Å². The zero-order valence-corrected chi connectivity index (χ0v) is 17.7. The Bertz CT molecular complexity index is 828. The SMILES string of the molecule is CCN(C)C=Nc1cc(C)c(/C(C)=N/OC(C)c2ccc(Cl)cc2)cc1C. The average Bonchev–Trinajstić information content (AvgIpc) is 2.66. The maximum absolute atomic E-state index is 5.94. The lowest BCUT2D eigenvalue weighted by atomic mass is 10.0. The van der Waals surface area contributed by atoms with E-state index in [1.54, 1.807) is 0 Å². The molecular weight excluding hydrogens is 358 g/mol. The summed E-state index contributed by atoms with van der Waals surface area (Å²) in [6.45, 7) is 11.1. The number of halogens is 1. The summed E-state index contributed by atoms with van der Waals surface area (Å²) in [6.07, 6.45) is 1.71. The van der Waals surface area contributed by atoms with Crippen molar-refractivity contribution in [1.29, 1.82) is 0 Å². The van der Waals surface area contributed by atoms with Crippen LogP contribution in [0.2, 0.25) is 5.02 Å². The molecule has 2 aromatic rings. The first-order valence-electron chi connectivity index (χ1n) is 9.13. The summed E-state index contributed by atoms with van der Waals surface area (Å²) in [4.78, 5) is 12.3. The van der Waals surface area contributed by atoms with Crippen LogP contribution in [0.25, 0.3) is 0 Å². The molecule has 4 nitrogen and oxygen atoms in total. The highest BCUT2D eigenvalue weighted by molar-refractivity contribution is 6.30. The van der Waals surface area contributed by atoms with Gasteiger partial charge in [-0.05, 0) is 75.6 Å². The minimum absolute atomic E-state index is 0.146. The van der Waals surface area contributed by atoms with Crippen molar-refractivity contribution in [1.82, 2.24) is 4.90 Å². The highest BCUT2D eigenvalue weighted by Gasteiger charge is 2.10. The van der Waals surface area contributed by atoms with Crippen LogP contribution in [0.5, 0.6) is 0 Å². The molecule has 2 aromatic carbocycles. The zero-order valence-electron chi connectivity index (χ0n) is 17.0. The molecule has 0 amide bonds. The van der Waals surface area contributed by atoms with Gasteiger partial charge in [0.2, 0.25) is 0 Å². The molecule has 0 heterocycles. The molecular formula is C22H28ClN3O. The number of oxime groups is 1. The summed E-state index contributed by atoms with van der Waals surface area (Å²) in [6, 6.07) is 11.8. The minimum atomic E-state index is -0.146. The van der Waals surface area contributed by atoms with Gasteiger partial charge in [-0.2, -0.15) is 0 Å². The van der Waals surface area contributed by atoms with E-state index in [9.17, 15) is 0 Å². The molecule has 144 valence electrons. The van der Waals surface area contributed by atoms with Gasteiger partial charge < -0.3 is 9.74 Å². The number of hydrogen-bond acceptors (Lipinski definition) is 3. The first-order chi connectivity index (χ1) is 12.8. The Kier molecular flexibility index (Phi) is 7.43. The molecule has 0 N–H and O–H groups in total. The van der Waals surface area contributed by atoms with Gasteiger partial charge in [-0.15, -0.1) is 0 Å². The van der Waals surface area contributed by atoms with Crippen LogP contribution in [0.1, 0.15) is 49.1 Å². The number of benzene rings is 2. The first kappa shape index (κ1) is 21.0. The quantitative estimate of drug-likeness (QED) is 0.329. The third-order valence-corrected chi connectivity index (χ3v) is 4.76. The topological polar surface area (TPSA) is 37.2 Å². The summed E-state index contributed by atoms with van der Waals surface area (Å²) < 4.78 is 0. The molecule has 0 aliphatic rings. The summed E-state index contributed by atoms with van der Waals surface area (Å²) in [5, 5.41) is 5.06. The van der Waals surface area contributed by atoms with Crippen LogP contribution in [-0.4, -0.2) is 30.5 Å². The molecule has 1 atom stereocenters. The van der Waals surface area contributed by atoms with Gasteiger partial charge in [0, 0.05) is 24.2 Å². The van der Waals surface area contributed by atoms with Crippen molar-refractivity contribution in [3.63, 3.8) is 0 Å². The summed E-state index contributed by atoms with van der Waals surface area (Å²) in [7, 11) is 2.01. The summed E-state index contributed by atoms with van der Waals surface area (Å²) in [5.41, 5.74) is 6.15. The van der Waals surface area contributed by atoms with Crippen LogP contribution in [0.3, 0.4) is 0 Å². The van der Waals surface area contributed by atoms with Crippen LogP contribution >= 0.6 is 11.6 Å². The smallest absolute Gasteiger partial charge is 0.149 e. The predicted molar refractivity (Wildman–Crippen MR) is 116 cm³/mol. The van der Waals surface area contributed by atoms with Crippen LogP contribution in [0, 0.1) is 13.8 Å². The standard InChI is InChI=1S/C22H28ClN3O/c1-7-26(6)14-24-22-13-15(2)21(12-16(22)3)17(4)25-27-18(5)19-8-10-20(23)11-9-19/h8-14,18H,7H2,1-6H3/b24-14?,25-17+. The van der Waals surface area contributed by atoms with Gasteiger partial charge in [0.1, 0.15) is 6.10 Å². The lowest BCUT2D eigenvalue weighted by Crippen LogP contribution is -2.14. The molecule has 0 fully saturated rings. The zero-order chi connectivity index (χ0) is 20.0. The Labute approximate surface area is 167 Å². The molecule has 0 bridgehead atoms. The maximum atomic E-state index is 5.94. The van der Waals surface area contributed by atoms with Gasteiger partial charge in [0.25, 0.3) is 0 Å². The molecule has 5 heteroatoms. The number of rotatable bonds is 7. The van der Waals surface area contributed by atoms with Gasteiger partial charge in [-0.3, -0.25) is 0 Å². The van der Waals surface area contributed by atoms with Crippen molar-refractivity contribution in [2.75, 3.05) is 13.6 Å². The number of aliphatic imine (C=N–C) groups is 1. The van der Waals surface area contributed by atoms with E-state index in [-0.39, 0.29) is 6.10 Å². The number of nitrogens with zero attached hydrogens (tertiary/aromatic N) is 3. The highest BCUT2D eigenvalue weighted by Crippen LogP contribution is 2.25. The molecule has 0 aliphatic heterocycles. The lowest BCUT2D eigenvalue weighted by molar-refractivity contribution is 0.0723. The Morgan fingerprint density at radius 1 is 1.19 bits per heavy atom. The van der Waals surface area contributed by atoms with Crippen molar-refractivity contribution in [3.8, 4) is 0 Å². The Morgan fingerprint density at radius 2 is 1.85 bits per heavy atom. The van der Waals surface area contributed by atoms with Crippen molar-refractivity contribution in [2.45, 2.75) is 40.7 Å². The molecule has 0 saturated heterocycles. The number of hydrogen-bond donors (Lipinski definition) is 0. The van der Waals surface area contributed by atoms with E-state index in [4.69, 9.17) is 16.4 Å². The fourth-order valence-electron chi connectivity index (χ4n) is 2.57. The third kappa shape index (κ3) is 5.83. The van der Waals surface area contributed by atoms with Crippen LogP contribution in [0.4, 0.5) is 5.69 Å². The fraction of sp³-hybridized carbons (Fsp3) is 0.364. The molecule has 27 heavy (non-hydrogen) atoms. The molecule has 0 aliphatic carbocycles. The minimum Gasteiger partial charge on any atom is -0.388 e. The normalized spacial score (nSPS) is 13.1. The third-order valence-electron chi connectivity index (χ3n) is 4.51. The Balaban J connectivity index is 2.16. The molecule has 0 radical (unpaired) electrons. The van der Waals surface area contributed by atoms with Crippen molar-refractivity contribution < 1.29 is 4.84 Å². The van der Waals surface area contributed by atoms with E-state index in [0.29, 0.717) is 5.02 Å². The van der Waals surface area contributed by atoms with E-state index < -0.39 is 0 Å². The van der Waals surface area contributed by atoms with Gasteiger partial charge in [-0.1, -0.05) is 28.9 Å². The second-order valence-electron chi connectivity index (χ2n) is 6.75. The van der Waals surface area contributed by atoms with E-state index in [1.807, 2.05) is 56.4 Å². The second-order valence-corrected chi connectivity index (χ2v) is 7.18. The van der Waals surface area contributed by atoms with E-state index in [2.05, 4.69) is 43.1 Å². The Morgan fingerprint density at radius 3 is 2.48 bits per heavy atom. The monoisotopic (exact) mass is 385 g/mol. The van der Waals surface area contributed by atoms with E-state index in [0.717, 1.165) is 40.2 Å². The van der Waals surface area contributed by atoms with E-state index in [1.165, 1.54) is 0 Å². The van der Waals surface area contributed by atoms with Gasteiger partial charge in [0.05, 0.1) is 17.7 Å². The Hall–Kier alpha value is -2.33. The lowest BCUT2D eigenvalue weighted by Gasteiger charge is -2.13. The first-order valence-corrected chi connectivity index (χ1v) is 9.51. The van der Waals surface area contributed by atoms with Crippen LogP contribution in [-0.2, 0) is 4.84 Å². The van der Waals surface area contributed by atoms with Gasteiger partial charge >= 0.3 is 0 Å². The second kappa shape index (κ2) is 9.56. The van der Waals surface area contributed by atoms with Crippen LogP contribution < -0.4 is 0 Å². The molecule has 0 aromatic heterocycles. The predicted octanol–water partition coefficient (Wildman–Crippen LogP) is 6.07. The van der Waals surface area contributed by atoms with Gasteiger partial charge in [-0.25, -0.2) is 4.99 Å². The molecule has 0 saturated carbocycles. The van der Waals surface area contributed by atoms with Crippen molar-refractivity contribution >= 4 is 29.3 Å². The maximum Gasteiger partial charge on any atom is 0.149 e. The van der Waals surface area contributed by atoms with Crippen molar-refractivity contribution in [2.24, 2.45) is 10.1 Å². The highest BCUT2D eigenvalue weighted by atomic mass is 35.5.